The number of hydrogen-bond acceptors (Lipinski definition) is 4. The van der Waals surface area contributed by atoms with Gasteiger partial charge < -0.3 is 4.90 Å². The number of hydrogen-bond donors (Lipinski definition) is 0. The number of ketones is 1. The molecule has 3 aromatic rings. The summed E-state index contributed by atoms with van der Waals surface area (Å²) in [6.45, 7) is 0. The van der Waals surface area contributed by atoms with Crippen LogP contribution < -0.4 is 0 Å². The van der Waals surface area contributed by atoms with Crippen molar-refractivity contribution in [2.24, 2.45) is 0 Å². The second kappa shape index (κ2) is 7.46. The smallest absolute Gasteiger partial charge is 0.307 e. The van der Waals surface area contributed by atoms with Crippen LogP contribution in [0.1, 0.15) is 39.0 Å². The van der Waals surface area contributed by atoms with Gasteiger partial charge >= 0.3 is 4.45 Å². The minimum atomic E-state index is -1.58. The Labute approximate surface area is 188 Å². The van der Waals surface area contributed by atoms with Gasteiger partial charge in [0.1, 0.15) is 12.1 Å². The summed E-state index contributed by atoms with van der Waals surface area (Å²) in [5, 5.41) is 12.7. The highest BCUT2D eigenvalue weighted by molar-refractivity contribution is 9.10. The van der Waals surface area contributed by atoms with Gasteiger partial charge in [-0.05, 0) is 22.8 Å². The number of alkyl halides is 1. The molecule has 0 amide bonds. The molecule has 1 saturated heterocycles. The molecular weight excluding hydrogens is 456 g/mol. The van der Waals surface area contributed by atoms with E-state index in [1.54, 1.807) is 12.1 Å². The maximum Gasteiger partial charge on any atom is 0.307 e. The van der Waals surface area contributed by atoms with Crippen LogP contribution in [0.2, 0.25) is 0 Å². The first-order valence-electron chi connectivity index (χ1n) is 10.1. The minimum Gasteiger partial charge on any atom is -0.352 e. The molecule has 1 fully saturated rings. The molecule has 2 aliphatic rings. The van der Waals surface area contributed by atoms with Crippen LogP contribution in [0.3, 0.4) is 0 Å². The summed E-state index contributed by atoms with van der Waals surface area (Å²) in [6, 6.07) is 24.6. The molecule has 0 bridgehead atoms. The van der Waals surface area contributed by atoms with Crippen molar-refractivity contribution in [2.45, 2.75) is 22.4 Å². The van der Waals surface area contributed by atoms with Gasteiger partial charge in [0.05, 0.1) is 5.92 Å². The Hall–Kier alpha value is -3.25. The fraction of sp³-hybridized carbons (Fsp3) is 0.160. The molecule has 5 rings (SSSR count). The lowest BCUT2D eigenvalue weighted by Crippen LogP contribution is -2.42. The first-order valence-corrected chi connectivity index (χ1v) is 10.8. The zero-order chi connectivity index (χ0) is 21.6. The number of nitro groups is 1. The number of carbonyl (C=O) groups excluding carboxylic acids is 1. The first kappa shape index (κ1) is 19.7. The molecule has 0 aromatic heterocycles. The largest absolute Gasteiger partial charge is 0.352 e. The average molecular weight is 475 g/mol. The highest BCUT2D eigenvalue weighted by Crippen LogP contribution is 2.59. The van der Waals surface area contributed by atoms with Gasteiger partial charge in [-0.1, -0.05) is 84.9 Å². The highest BCUT2D eigenvalue weighted by atomic mass is 79.9. The summed E-state index contributed by atoms with van der Waals surface area (Å²) in [5.74, 6) is -0.830. The van der Waals surface area contributed by atoms with Crippen molar-refractivity contribution in [2.75, 3.05) is 0 Å². The number of rotatable bonds is 4. The third-order valence-corrected chi connectivity index (χ3v) is 7.45. The van der Waals surface area contributed by atoms with Gasteiger partial charge in [0.15, 0.2) is 5.78 Å². The Morgan fingerprint density at radius 1 is 0.935 bits per heavy atom. The molecule has 0 N–H and O–H groups in total. The predicted octanol–water partition coefficient (Wildman–Crippen LogP) is 5.43. The molecule has 3 aromatic carbocycles. The van der Waals surface area contributed by atoms with E-state index in [0.29, 0.717) is 5.56 Å². The summed E-state index contributed by atoms with van der Waals surface area (Å²) in [7, 11) is 0. The lowest BCUT2D eigenvalue weighted by Gasteiger charge is -2.33. The Bertz CT molecular complexity index is 1180. The molecule has 0 spiro atoms. The summed E-state index contributed by atoms with van der Waals surface area (Å²) >= 11 is 3.58. The monoisotopic (exact) mass is 474 g/mol. The van der Waals surface area contributed by atoms with Gasteiger partial charge in [0.25, 0.3) is 0 Å². The van der Waals surface area contributed by atoms with Crippen molar-refractivity contribution in [3.05, 3.63) is 123 Å². The van der Waals surface area contributed by atoms with E-state index in [1.807, 2.05) is 90.0 Å². The molecule has 0 saturated carbocycles. The van der Waals surface area contributed by atoms with Gasteiger partial charge in [-0.15, -0.1) is 0 Å². The van der Waals surface area contributed by atoms with Crippen molar-refractivity contribution in [3.63, 3.8) is 0 Å². The van der Waals surface area contributed by atoms with E-state index in [-0.39, 0.29) is 10.7 Å². The quantitative estimate of drug-likeness (QED) is 0.166. The standard InChI is InChI=1S/C25H19BrN2O3/c26-25(28(30)31)21(18-10-3-1-4-11-18)22(23(29)19-12-5-2-6-13-19)27-16-15-17-9-7-8-14-20(17)24(25)27/h1-16,21-22,24H. The van der Waals surface area contributed by atoms with Crippen molar-refractivity contribution in [1.82, 2.24) is 4.90 Å². The van der Waals surface area contributed by atoms with Crippen molar-refractivity contribution in [1.29, 1.82) is 0 Å². The van der Waals surface area contributed by atoms with E-state index in [4.69, 9.17) is 0 Å². The number of carbonyl (C=O) groups is 1. The van der Waals surface area contributed by atoms with Crippen molar-refractivity contribution in [3.8, 4) is 0 Å². The molecule has 31 heavy (non-hydrogen) atoms. The summed E-state index contributed by atoms with van der Waals surface area (Å²) in [5.41, 5.74) is 3.06. The first-order chi connectivity index (χ1) is 15.0. The van der Waals surface area contributed by atoms with E-state index in [2.05, 4.69) is 15.9 Å². The van der Waals surface area contributed by atoms with Crippen LogP contribution >= 0.6 is 15.9 Å². The number of fused-ring (bicyclic) bond motifs is 3. The van der Waals surface area contributed by atoms with E-state index < -0.39 is 22.4 Å². The summed E-state index contributed by atoms with van der Waals surface area (Å²) < 4.78 is -1.58. The van der Waals surface area contributed by atoms with Crippen molar-refractivity contribution < 1.29 is 9.72 Å². The van der Waals surface area contributed by atoms with Crippen LogP contribution in [0, 0.1) is 10.1 Å². The second-order valence-corrected chi connectivity index (χ2v) is 9.11. The Morgan fingerprint density at radius 2 is 1.55 bits per heavy atom. The number of Topliss-reactive ketones (excluding diaryl/α,β-unsaturated/α-hetero) is 1. The van der Waals surface area contributed by atoms with E-state index >= 15 is 0 Å². The SMILES string of the molecule is O=C(c1ccccc1)C1C(c2ccccc2)C(Br)([N+](=O)[O-])C2c3ccccc3C=CN12. The zero-order valence-electron chi connectivity index (χ0n) is 16.5. The minimum absolute atomic E-state index is 0.133. The Balaban J connectivity index is 1.76. The van der Waals surface area contributed by atoms with Crippen LogP contribution in [-0.2, 0) is 0 Å². The number of nitrogens with zero attached hydrogens (tertiary/aromatic N) is 2. The summed E-state index contributed by atoms with van der Waals surface area (Å²) in [4.78, 5) is 28.1. The lowest BCUT2D eigenvalue weighted by molar-refractivity contribution is -0.542. The molecular formula is C25H19BrN2O3. The fourth-order valence-corrected chi connectivity index (χ4v) is 5.92. The van der Waals surface area contributed by atoms with E-state index in [1.165, 1.54) is 0 Å². The molecule has 2 aliphatic heterocycles. The zero-order valence-corrected chi connectivity index (χ0v) is 18.1. The Morgan fingerprint density at radius 3 is 2.23 bits per heavy atom. The molecule has 5 nitrogen and oxygen atoms in total. The van der Waals surface area contributed by atoms with E-state index in [9.17, 15) is 14.9 Å². The van der Waals surface area contributed by atoms with E-state index in [0.717, 1.165) is 16.7 Å². The maximum atomic E-state index is 13.8. The summed E-state index contributed by atoms with van der Waals surface area (Å²) in [6.07, 6.45) is 3.76. The van der Waals surface area contributed by atoms with Crippen LogP contribution in [0.15, 0.2) is 91.1 Å². The van der Waals surface area contributed by atoms with Gasteiger partial charge in [-0.25, -0.2) is 0 Å². The van der Waals surface area contributed by atoms with Crippen LogP contribution in [0.5, 0.6) is 0 Å². The third kappa shape index (κ3) is 2.93. The lowest BCUT2D eigenvalue weighted by atomic mass is 9.82. The van der Waals surface area contributed by atoms with Crippen LogP contribution in [0.25, 0.3) is 6.08 Å². The molecule has 4 atom stereocenters. The maximum absolute atomic E-state index is 13.8. The average Bonchev–Trinajstić information content (AvgIpc) is 3.10. The highest BCUT2D eigenvalue weighted by Gasteiger charge is 2.69. The van der Waals surface area contributed by atoms with Crippen LogP contribution in [-0.4, -0.2) is 26.1 Å². The predicted molar refractivity (Wildman–Crippen MR) is 122 cm³/mol. The molecule has 154 valence electrons. The molecule has 4 unspecified atom stereocenters. The van der Waals surface area contributed by atoms with Gasteiger partial charge in [-0.3, -0.25) is 14.9 Å². The fourth-order valence-electron chi connectivity index (χ4n) is 4.92. The number of halogens is 1. The van der Waals surface area contributed by atoms with Crippen molar-refractivity contribution >= 4 is 27.8 Å². The van der Waals surface area contributed by atoms with Gasteiger partial charge in [-0.2, -0.15) is 0 Å². The molecule has 6 heteroatoms. The topological polar surface area (TPSA) is 63.4 Å². The normalized spacial score (nSPS) is 26.2. The molecule has 2 heterocycles. The molecule has 0 aliphatic carbocycles. The van der Waals surface area contributed by atoms with Crippen LogP contribution in [0.4, 0.5) is 0 Å². The number of benzene rings is 3. The second-order valence-electron chi connectivity index (χ2n) is 7.84. The third-order valence-electron chi connectivity index (χ3n) is 6.24. The van der Waals surface area contributed by atoms with Gasteiger partial charge in [0.2, 0.25) is 0 Å². The molecule has 0 radical (unpaired) electrons. The Kier molecular flexibility index (Phi) is 4.74. The van der Waals surface area contributed by atoms with Gasteiger partial charge in [0, 0.05) is 32.6 Å².